The zero-order chi connectivity index (χ0) is 52.4. The van der Waals surface area contributed by atoms with Gasteiger partial charge in [0.1, 0.15) is 53.9 Å². The number of benzene rings is 3. The topological polar surface area (TPSA) is 189 Å². The number of Topliss-reactive ketones (excluding diaryl/α,β-unsaturated/α-hetero) is 2. The molecule has 14 heteroatoms. The first kappa shape index (κ1) is 59.3. The van der Waals surface area contributed by atoms with Crippen LogP contribution in [0.2, 0.25) is 0 Å². The molecule has 0 saturated heterocycles. The van der Waals surface area contributed by atoms with E-state index >= 15 is 0 Å². The summed E-state index contributed by atoms with van der Waals surface area (Å²) in [7, 11) is 0. The van der Waals surface area contributed by atoms with Gasteiger partial charge in [-0.15, -0.1) is 0 Å². The molecular formula is C55H84O14. The number of ketones is 2. The molecule has 4 N–H and O–H groups in total. The lowest BCUT2D eigenvalue weighted by molar-refractivity contribution is -0.316. The zero-order valence-electron chi connectivity index (χ0n) is 45.1. The van der Waals surface area contributed by atoms with E-state index in [9.17, 15) is 24.9 Å². The lowest BCUT2D eigenvalue weighted by Crippen LogP contribution is -2.57. The van der Waals surface area contributed by atoms with Crippen molar-refractivity contribution in [3.8, 4) is 17.2 Å². The number of aliphatic hydroxyl groups excluding tert-OH is 1. The molecule has 0 unspecified atom stereocenters. The largest absolute Gasteiger partial charge is 0.491 e. The van der Waals surface area contributed by atoms with E-state index in [0.717, 1.165) is 78.1 Å². The van der Waals surface area contributed by atoms with Gasteiger partial charge in [0.25, 0.3) is 0 Å². The molecule has 0 aliphatic carbocycles. The van der Waals surface area contributed by atoms with Crippen LogP contribution >= 0.6 is 0 Å². The molecule has 0 bridgehead atoms. The minimum absolute atomic E-state index is 0.0607. The average Bonchev–Trinajstić information content (AvgIpc) is 3.26. The van der Waals surface area contributed by atoms with Gasteiger partial charge in [0.15, 0.2) is 11.6 Å². The van der Waals surface area contributed by atoms with Crippen molar-refractivity contribution >= 4 is 11.6 Å². The predicted molar refractivity (Wildman–Crippen MR) is 268 cm³/mol. The monoisotopic (exact) mass is 969 g/mol. The second-order valence-electron chi connectivity index (χ2n) is 19.8. The molecule has 3 aromatic carbocycles. The summed E-state index contributed by atoms with van der Waals surface area (Å²) in [6, 6.07) is 0. The van der Waals surface area contributed by atoms with Crippen LogP contribution in [-0.2, 0) is 30.1 Å². The van der Waals surface area contributed by atoms with E-state index in [1.54, 1.807) is 13.8 Å². The summed E-state index contributed by atoms with van der Waals surface area (Å²) >= 11 is 0. The molecule has 3 rings (SSSR count). The normalized spacial score (nSPS) is 12.5. The van der Waals surface area contributed by atoms with E-state index < -0.39 is 22.6 Å². The molecule has 3 aromatic rings. The van der Waals surface area contributed by atoms with E-state index in [1.807, 2.05) is 83.1 Å². The van der Waals surface area contributed by atoms with E-state index in [4.69, 9.17) is 43.0 Å². The van der Waals surface area contributed by atoms with Gasteiger partial charge in [-0.2, -0.15) is 0 Å². The lowest BCUT2D eigenvalue weighted by Gasteiger charge is -2.43. The fourth-order valence-corrected chi connectivity index (χ4v) is 8.58. The fourth-order valence-electron chi connectivity index (χ4n) is 8.58. The Balaban J connectivity index is 1.79. The van der Waals surface area contributed by atoms with Crippen LogP contribution in [0.5, 0.6) is 17.2 Å². The summed E-state index contributed by atoms with van der Waals surface area (Å²) in [5.41, 5.74) is 7.58. The maximum Gasteiger partial charge on any atom is 0.201 e. The number of aliphatic hydroxyl groups is 4. The maximum atomic E-state index is 13.1. The smallest absolute Gasteiger partial charge is 0.201 e. The molecule has 0 aliphatic rings. The van der Waals surface area contributed by atoms with Gasteiger partial charge in [-0.05, 0) is 197 Å². The Morgan fingerprint density at radius 2 is 0.667 bits per heavy atom. The maximum absolute atomic E-state index is 13.1. The molecule has 0 atom stereocenters. The number of carbonyl (C=O) groups is 2. The van der Waals surface area contributed by atoms with Crippen molar-refractivity contribution in [2.24, 2.45) is 0 Å². The quantitative estimate of drug-likeness (QED) is 0.0298. The first-order valence-corrected chi connectivity index (χ1v) is 24.0. The van der Waals surface area contributed by atoms with Crippen LogP contribution in [0.1, 0.15) is 135 Å². The molecule has 388 valence electrons. The standard InChI is InChI=1S/C55H84O14/c1-32-38(7)47(65-26-21-62-20-19-56)39(8)33(2)44(32)31-55(54(17,18)61,68-29-24-63-22-27-66-48-40(9)34(3)45(35(4)41(48)10)50(57)52(13,14)59)69-30-25-64-23-28-67-49-42(11)36(5)46(37(6)43(49)12)51(58)53(15,16)60/h56,59-61H,19-31H2,1-18H3. The highest BCUT2D eigenvalue weighted by molar-refractivity contribution is 6.05. The number of ether oxygens (including phenoxy) is 8. The third-order valence-corrected chi connectivity index (χ3v) is 13.5. The molecular weight excluding hydrogens is 885 g/mol. The van der Waals surface area contributed by atoms with Gasteiger partial charge >= 0.3 is 0 Å². The second kappa shape index (κ2) is 24.9. The molecule has 14 nitrogen and oxygen atoms in total. The van der Waals surface area contributed by atoms with Crippen molar-refractivity contribution in [1.29, 1.82) is 0 Å². The highest BCUT2D eigenvalue weighted by Gasteiger charge is 2.47. The molecule has 0 aromatic heterocycles. The van der Waals surface area contributed by atoms with E-state index in [-0.39, 0.29) is 84.1 Å². The molecule has 0 amide bonds. The molecule has 0 spiro atoms. The highest BCUT2D eigenvalue weighted by atomic mass is 16.7. The van der Waals surface area contributed by atoms with E-state index in [0.29, 0.717) is 35.8 Å². The van der Waals surface area contributed by atoms with Crippen LogP contribution < -0.4 is 14.2 Å². The number of hydrogen-bond donors (Lipinski definition) is 4. The summed E-state index contributed by atoms with van der Waals surface area (Å²) in [6.45, 7) is 34.6. The van der Waals surface area contributed by atoms with Crippen molar-refractivity contribution < 1.29 is 67.9 Å². The SMILES string of the molecule is Cc1c(C)c(OCCOCCO)c(C)c(C)c1CC(OCCOCCOc1c(C)c(C)c(C(=O)C(C)(C)O)c(C)c1C)(OCCOCCOc1c(C)c(C)c(C(=O)C(C)(C)O)c(C)c1C)C(C)(C)O. The van der Waals surface area contributed by atoms with Gasteiger partial charge in [0.05, 0.1) is 59.5 Å². The van der Waals surface area contributed by atoms with Crippen LogP contribution in [0.15, 0.2) is 0 Å². The highest BCUT2D eigenvalue weighted by Crippen LogP contribution is 2.40. The zero-order valence-corrected chi connectivity index (χ0v) is 45.1. The van der Waals surface area contributed by atoms with Crippen molar-refractivity contribution in [3.63, 3.8) is 0 Å². The van der Waals surface area contributed by atoms with Crippen molar-refractivity contribution in [2.45, 2.75) is 154 Å². The number of carbonyl (C=O) groups excluding carboxylic acids is 2. The Kier molecular flexibility index (Phi) is 21.4. The van der Waals surface area contributed by atoms with Crippen molar-refractivity contribution in [3.05, 3.63) is 83.5 Å². The van der Waals surface area contributed by atoms with Crippen LogP contribution in [0.4, 0.5) is 0 Å². The van der Waals surface area contributed by atoms with Gasteiger partial charge in [0, 0.05) is 17.5 Å². The second-order valence-corrected chi connectivity index (χ2v) is 19.8. The van der Waals surface area contributed by atoms with Gasteiger partial charge in [-0.25, -0.2) is 0 Å². The molecule has 0 heterocycles. The Labute approximate surface area is 411 Å². The van der Waals surface area contributed by atoms with Crippen molar-refractivity contribution in [1.82, 2.24) is 0 Å². The third kappa shape index (κ3) is 14.4. The third-order valence-electron chi connectivity index (χ3n) is 13.5. The van der Waals surface area contributed by atoms with Crippen LogP contribution in [0.3, 0.4) is 0 Å². The molecule has 0 radical (unpaired) electrons. The average molecular weight is 969 g/mol. The molecule has 0 saturated carbocycles. The first-order valence-electron chi connectivity index (χ1n) is 24.0. The summed E-state index contributed by atoms with van der Waals surface area (Å²) < 4.78 is 49.3. The Morgan fingerprint density at radius 3 is 0.942 bits per heavy atom. The predicted octanol–water partition coefficient (Wildman–Crippen LogP) is 7.92. The summed E-state index contributed by atoms with van der Waals surface area (Å²) in [5, 5.41) is 42.0. The Bertz CT molecular complexity index is 2060. The Hall–Kier alpha value is -3.96. The summed E-state index contributed by atoms with van der Waals surface area (Å²) in [4.78, 5) is 26.2. The van der Waals surface area contributed by atoms with Crippen molar-refractivity contribution in [2.75, 3.05) is 79.3 Å². The van der Waals surface area contributed by atoms with Crippen LogP contribution in [0, 0.1) is 83.1 Å². The van der Waals surface area contributed by atoms with Gasteiger partial charge < -0.3 is 58.3 Å². The van der Waals surface area contributed by atoms with Crippen LogP contribution in [0.25, 0.3) is 0 Å². The lowest BCUT2D eigenvalue weighted by atomic mass is 9.84. The number of hydrogen-bond acceptors (Lipinski definition) is 14. The molecule has 0 fully saturated rings. The minimum Gasteiger partial charge on any atom is -0.491 e. The van der Waals surface area contributed by atoms with Crippen LogP contribution in [-0.4, -0.2) is 134 Å². The van der Waals surface area contributed by atoms with E-state index in [2.05, 4.69) is 0 Å². The molecule has 69 heavy (non-hydrogen) atoms. The summed E-state index contributed by atoms with van der Waals surface area (Å²) in [6.07, 6.45) is 0.189. The van der Waals surface area contributed by atoms with Gasteiger partial charge in [-0.3, -0.25) is 9.59 Å². The fraction of sp³-hybridized carbons (Fsp3) is 0.636. The van der Waals surface area contributed by atoms with Gasteiger partial charge in [0.2, 0.25) is 5.79 Å². The van der Waals surface area contributed by atoms with E-state index in [1.165, 1.54) is 27.7 Å². The Morgan fingerprint density at radius 1 is 0.391 bits per heavy atom. The summed E-state index contributed by atoms with van der Waals surface area (Å²) in [5.74, 6) is -0.119. The van der Waals surface area contributed by atoms with Gasteiger partial charge in [-0.1, -0.05) is 0 Å². The minimum atomic E-state index is -1.56. The number of rotatable bonds is 29. The first-order chi connectivity index (χ1) is 32.0. The molecule has 0 aliphatic heterocycles.